The molecule has 0 saturated carbocycles. The van der Waals surface area contributed by atoms with Gasteiger partial charge in [0.25, 0.3) is 5.69 Å². The molecule has 20 nitrogen and oxygen atoms in total. The van der Waals surface area contributed by atoms with E-state index in [1.807, 2.05) is 60.9 Å². The molecule has 4 aromatic heterocycles. The Morgan fingerprint density at radius 1 is 0.618 bits per heavy atom. The van der Waals surface area contributed by atoms with Crippen molar-refractivity contribution in [2.75, 3.05) is 53.4 Å². The van der Waals surface area contributed by atoms with Gasteiger partial charge in [0.05, 0.1) is 17.3 Å². The average molecular weight is 1030 g/mol. The SMILES string of the molecule is CC(C)c1cnn2c(NCc3cccc(CC(=O)c4cccc(N)c4)c3)nc(NC3CCOCC3)nc12.CC(C)c1cnn2c(NCc3cccc(CC(=O)c4cccc([N+](=O)[O-])c4)c3)nc(NC3CCOCC3)nc12. The fourth-order valence-corrected chi connectivity index (χ4v) is 9.15. The van der Waals surface area contributed by atoms with Crippen LogP contribution < -0.4 is 27.0 Å². The maximum absolute atomic E-state index is 12.8. The van der Waals surface area contributed by atoms with Crippen LogP contribution in [0.1, 0.15) is 119 Å². The highest BCUT2D eigenvalue weighted by Gasteiger charge is 2.22. The number of non-ortho nitro benzene ring substituents is 1. The van der Waals surface area contributed by atoms with Gasteiger partial charge in [-0.3, -0.25) is 19.7 Å². The van der Waals surface area contributed by atoms with Crippen molar-refractivity contribution >= 4 is 58.0 Å². The highest BCUT2D eigenvalue weighted by Crippen LogP contribution is 2.26. The summed E-state index contributed by atoms with van der Waals surface area (Å²) in [6, 6.07) is 29.1. The van der Waals surface area contributed by atoms with E-state index in [1.165, 1.54) is 18.2 Å². The smallest absolute Gasteiger partial charge is 0.270 e. The maximum atomic E-state index is 12.8. The number of carbonyl (C=O) groups excluding carboxylic acids is 2. The quantitative estimate of drug-likeness (QED) is 0.0219. The fourth-order valence-electron chi connectivity index (χ4n) is 9.15. The molecule has 8 aromatic rings. The second kappa shape index (κ2) is 24.3. The normalized spacial score (nSPS) is 14.1. The summed E-state index contributed by atoms with van der Waals surface area (Å²) in [7, 11) is 0. The Morgan fingerprint density at radius 2 is 1.05 bits per heavy atom. The minimum Gasteiger partial charge on any atom is -0.399 e. The lowest BCUT2D eigenvalue weighted by molar-refractivity contribution is -0.384. The second-order valence-corrected chi connectivity index (χ2v) is 19.8. The molecule has 0 atom stereocenters. The number of hydrogen-bond acceptors (Lipinski definition) is 17. The summed E-state index contributed by atoms with van der Waals surface area (Å²) in [4.78, 5) is 55.2. The van der Waals surface area contributed by atoms with Crippen LogP contribution in [0.5, 0.6) is 0 Å². The zero-order valence-corrected chi connectivity index (χ0v) is 43.2. The minimum atomic E-state index is -0.499. The second-order valence-electron chi connectivity index (χ2n) is 19.8. The van der Waals surface area contributed by atoms with Gasteiger partial charge in [0.15, 0.2) is 22.9 Å². The monoisotopic (exact) mass is 1030 g/mol. The van der Waals surface area contributed by atoms with E-state index in [2.05, 4.69) is 59.2 Å². The Kier molecular flexibility index (Phi) is 16.8. The van der Waals surface area contributed by atoms with Crippen molar-refractivity contribution in [1.29, 1.82) is 0 Å². The topological polar surface area (TPSA) is 256 Å². The van der Waals surface area contributed by atoms with Gasteiger partial charge in [-0.1, -0.05) is 100 Å². The number of anilines is 5. The molecule has 6 heterocycles. The number of Topliss-reactive ketones (excluding diaryl/α,β-unsaturated/α-hetero) is 2. The number of nitro benzene ring substituents is 1. The number of ether oxygens (including phenoxy) is 2. The molecule has 2 saturated heterocycles. The number of nitrogens with zero attached hydrogens (tertiary/aromatic N) is 9. The Balaban J connectivity index is 0.000000186. The standard InChI is InChI=1S/C28H31N7O4.C28H33N7O2/c1-18(2)24-17-30-34-26(24)32-27(31-22-9-11-39-12-10-22)33-28(34)29-16-20-6-3-5-19(13-20)14-25(36)21-7-4-8-23(15-21)35(37)38;1-18(2)24-17-31-35-26(24)33-27(32-23-9-11-37-12-10-23)34-28(35)30-16-20-6-3-5-19(13-20)14-25(36)21-7-4-8-22(29)15-21/h3-8,13,15,17-18,22H,9-12,14,16H2,1-2H3,(H2,29,31,32,33);3-8,13,15,17-18,23H,9-12,14,16,29H2,1-2H3,(H2,30,32,33,34). The van der Waals surface area contributed by atoms with Gasteiger partial charge >= 0.3 is 0 Å². The molecule has 76 heavy (non-hydrogen) atoms. The summed E-state index contributed by atoms with van der Waals surface area (Å²) in [5.41, 5.74) is 14.7. The Morgan fingerprint density at radius 3 is 1.50 bits per heavy atom. The van der Waals surface area contributed by atoms with E-state index < -0.39 is 4.92 Å². The zero-order valence-electron chi connectivity index (χ0n) is 43.2. The Hall–Kier alpha value is -8.36. The molecule has 6 N–H and O–H groups in total. The molecule has 0 aliphatic carbocycles. The lowest BCUT2D eigenvalue weighted by atomic mass is 10.0. The number of nitrogens with two attached hydrogens (primary N) is 1. The van der Waals surface area contributed by atoms with Crippen LogP contribution in [0.25, 0.3) is 11.3 Å². The van der Waals surface area contributed by atoms with E-state index in [1.54, 1.807) is 39.4 Å². The van der Waals surface area contributed by atoms with E-state index in [0.29, 0.717) is 60.1 Å². The van der Waals surface area contributed by atoms with Gasteiger partial charge in [-0.25, -0.2) is 0 Å². The largest absolute Gasteiger partial charge is 0.399 e. The first-order valence-corrected chi connectivity index (χ1v) is 25.8. The summed E-state index contributed by atoms with van der Waals surface area (Å²) in [6.07, 6.45) is 7.79. The third kappa shape index (κ3) is 13.3. The van der Waals surface area contributed by atoms with Gasteiger partial charge in [0, 0.05) is 105 Å². The molecule has 394 valence electrons. The van der Waals surface area contributed by atoms with Crippen LogP contribution in [0.15, 0.2) is 109 Å². The van der Waals surface area contributed by atoms with Crippen molar-refractivity contribution < 1.29 is 24.0 Å². The number of aromatic nitrogens is 8. The summed E-state index contributed by atoms with van der Waals surface area (Å²) >= 11 is 0. The molecule has 2 aliphatic rings. The molecule has 4 aromatic carbocycles. The highest BCUT2D eigenvalue weighted by atomic mass is 16.6. The predicted octanol–water partition coefficient (Wildman–Crippen LogP) is 9.24. The van der Waals surface area contributed by atoms with Crippen molar-refractivity contribution in [3.63, 3.8) is 0 Å². The Bertz CT molecular complexity index is 3330. The van der Waals surface area contributed by atoms with Gasteiger partial charge in [-0.2, -0.15) is 39.2 Å². The summed E-state index contributed by atoms with van der Waals surface area (Å²) in [6.45, 7) is 12.4. The van der Waals surface area contributed by atoms with Crippen LogP contribution in [0, 0.1) is 10.1 Å². The van der Waals surface area contributed by atoms with Crippen molar-refractivity contribution in [3.8, 4) is 0 Å². The number of carbonyl (C=O) groups is 2. The van der Waals surface area contributed by atoms with E-state index in [-0.39, 0.29) is 47.6 Å². The first kappa shape index (κ1) is 52.5. The maximum Gasteiger partial charge on any atom is 0.270 e. The van der Waals surface area contributed by atoms with Crippen molar-refractivity contribution in [2.45, 2.75) is 103 Å². The third-order valence-corrected chi connectivity index (χ3v) is 13.3. The molecule has 2 fully saturated rings. The van der Waals surface area contributed by atoms with Gasteiger partial charge in [0.1, 0.15) is 0 Å². The van der Waals surface area contributed by atoms with Gasteiger partial charge < -0.3 is 36.5 Å². The fraction of sp³-hybridized carbons (Fsp3) is 0.357. The van der Waals surface area contributed by atoms with E-state index in [0.717, 1.165) is 96.8 Å². The molecule has 2 aliphatic heterocycles. The highest BCUT2D eigenvalue weighted by molar-refractivity contribution is 5.98. The van der Waals surface area contributed by atoms with Gasteiger partial charge in [-0.15, -0.1) is 0 Å². The number of rotatable bonds is 19. The first-order valence-electron chi connectivity index (χ1n) is 25.8. The third-order valence-electron chi connectivity index (χ3n) is 13.3. The van der Waals surface area contributed by atoms with Crippen LogP contribution in [-0.2, 0) is 35.4 Å². The number of hydrogen-bond donors (Lipinski definition) is 5. The van der Waals surface area contributed by atoms with Crippen LogP contribution in [0.3, 0.4) is 0 Å². The number of nitrogen functional groups attached to an aromatic ring is 1. The number of benzene rings is 4. The molecule has 10 rings (SSSR count). The van der Waals surface area contributed by atoms with E-state index in [4.69, 9.17) is 35.1 Å². The van der Waals surface area contributed by atoms with Crippen molar-refractivity contribution in [2.24, 2.45) is 0 Å². The molecule has 0 spiro atoms. The summed E-state index contributed by atoms with van der Waals surface area (Å²) in [5.74, 6) is 2.72. The number of nitrogens with one attached hydrogen (secondary N) is 4. The lowest BCUT2D eigenvalue weighted by Gasteiger charge is -2.23. The van der Waals surface area contributed by atoms with Crippen LogP contribution in [0.2, 0.25) is 0 Å². The van der Waals surface area contributed by atoms with E-state index in [9.17, 15) is 19.7 Å². The number of fused-ring (bicyclic) bond motifs is 2. The molecule has 0 amide bonds. The first-order chi connectivity index (χ1) is 36.8. The zero-order chi connectivity index (χ0) is 53.1. The average Bonchev–Trinajstić information content (AvgIpc) is 4.06. The van der Waals surface area contributed by atoms with Crippen LogP contribution in [0.4, 0.5) is 35.2 Å². The molecular formula is C56H64N14O6. The molecule has 0 radical (unpaired) electrons. The van der Waals surface area contributed by atoms with Gasteiger partial charge in [-0.05, 0) is 71.9 Å². The molecule has 0 unspecified atom stereocenters. The summed E-state index contributed by atoms with van der Waals surface area (Å²) < 4.78 is 14.4. The van der Waals surface area contributed by atoms with Crippen molar-refractivity contribution in [1.82, 2.24) is 39.2 Å². The molecular weight excluding hydrogens is 965 g/mol. The predicted molar refractivity (Wildman–Crippen MR) is 292 cm³/mol. The minimum absolute atomic E-state index is 0.0384. The van der Waals surface area contributed by atoms with Crippen LogP contribution >= 0.6 is 0 Å². The molecule has 20 heteroatoms. The van der Waals surface area contributed by atoms with Gasteiger partial charge in [0.2, 0.25) is 23.8 Å². The van der Waals surface area contributed by atoms with E-state index >= 15 is 0 Å². The number of nitro groups is 1. The van der Waals surface area contributed by atoms with Crippen LogP contribution in [-0.4, -0.2) is 94.2 Å². The summed E-state index contributed by atoms with van der Waals surface area (Å²) in [5, 5.41) is 33.9. The lowest BCUT2D eigenvalue weighted by Crippen LogP contribution is -2.29. The Labute approximate surface area is 440 Å². The van der Waals surface area contributed by atoms with Crippen molar-refractivity contribution in [3.05, 3.63) is 164 Å². The number of ketones is 2. The molecule has 0 bridgehead atoms.